The number of aliphatic hydroxyl groups excluding tert-OH is 2. The van der Waals surface area contributed by atoms with E-state index in [2.05, 4.69) is 18.7 Å². The Morgan fingerprint density at radius 3 is 2.71 bits per heavy atom. The second-order valence-corrected chi connectivity index (χ2v) is 5.85. The Labute approximate surface area is 106 Å². The predicted molar refractivity (Wildman–Crippen MR) is 71.0 cm³/mol. The zero-order valence-electron chi connectivity index (χ0n) is 11.5. The summed E-state index contributed by atoms with van der Waals surface area (Å²) in [5, 5.41) is 18.5. The van der Waals surface area contributed by atoms with Gasteiger partial charge in [-0.25, -0.2) is 0 Å². The summed E-state index contributed by atoms with van der Waals surface area (Å²) in [6, 6.07) is 0.630. The highest BCUT2D eigenvalue weighted by Crippen LogP contribution is 2.29. The van der Waals surface area contributed by atoms with Crippen LogP contribution in [-0.4, -0.2) is 47.5 Å². The van der Waals surface area contributed by atoms with Crippen molar-refractivity contribution in [2.24, 2.45) is 5.41 Å². The Bertz CT molecular complexity index is 210. The van der Waals surface area contributed by atoms with Crippen molar-refractivity contribution >= 4 is 0 Å². The van der Waals surface area contributed by atoms with Crippen LogP contribution < -0.4 is 0 Å². The minimum absolute atomic E-state index is 0.0521. The summed E-state index contributed by atoms with van der Waals surface area (Å²) >= 11 is 0. The fraction of sp³-hybridized carbons (Fsp3) is 1.00. The molecule has 2 unspecified atom stereocenters. The Kier molecular flexibility index (Phi) is 6.45. The Morgan fingerprint density at radius 1 is 1.35 bits per heavy atom. The average Bonchev–Trinajstić information content (AvgIpc) is 2.74. The van der Waals surface area contributed by atoms with Crippen molar-refractivity contribution in [2.75, 3.05) is 26.3 Å². The van der Waals surface area contributed by atoms with Gasteiger partial charge in [-0.15, -0.1) is 0 Å². The van der Waals surface area contributed by atoms with Crippen molar-refractivity contribution in [2.45, 2.75) is 58.4 Å². The lowest BCUT2D eigenvalue weighted by Crippen LogP contribution is -2.41. The van der Waals surface area contributed by atoms with Crippen molar-refractivity contribution < 1.29 is 10.2 Å². The summed E-state index contributed by atoms with van der Waals surface area (Å²) in [5.74, 6) is 0. The van der Waals surface area contributed by atoms with Crippen LogP contribution in [-0.2, 0) is 0 Å². The minimum atomic E-state index is 0.0521. The third kappa shape index (κ3) is 4.57. The largest absolute Gasteiger partial charge is 0.396 e. The van der Waals surface area contributed by atoms with Crippen LogP contribution in [0.25, 0.3) is 0 Å². The Balaban J connectivity index is 2.47. The lowest BCUT2D eigenvalue weighted by Gasteiger charge is -2.35. The molecule has 17 heavy (non-hydrogen) atoms. The van der Waals surface area contributed by atoms with E-state index in [4.69, 9.17) is 5.11 Å². The highest BCUT2D eigenvalue weighted by atomic mass is 16.3. The van der Waals surface area contributed by atoms with E-state index in [1.165, 1.54) is 12.8 Å². The smallest absolute Gasteiger partial charge is 0.0497 e. The summed E-state index contributed by atoms with van der Waals surface area (Å²) in [4.78, 5) is 2.53. The first-order valence-corrected chi connectivity index (χ1v) is 7.11. The summed E-state index contributed by atoms with van der Waals surface area (Å²) in [7, 11) is 0. The number of likely N-dealkylation sites (tertiary alicyclic amines) is 1. The summed E-state index contributed by atoms with van der Waals surface area (Å²) in [5.41, 5.74) is 0.0521. The van der Waals surface area contributed by atoms with Crippen molar-refractivity contribution in [1.29, 1.82) is 0 Å². The maximum atomic E-state index is 9.57. The van der Waals surface area contributed by atoms with E-state index >= 15 is 0 Å². The van der Waals surface area contributed by atoms with Crippen LogP contribution in [0.15, 0.2) is 0 Å². The monoisotopic (exact) mass is 243 g/mol. The normalized spacial score (nSPS) is 25.1. The number of aliphatic hydroxyl groups is 2. The molecule has 1 aliphatic heterocycles. The van der Waals surface area contributed by atoms with Gasteiger partial charge in [-0.1, -0.05) is 20.3 Å². The molecule has 0 amide bonds. The zero-order chi connectivity index (χ0) is 12.7. The Hall–Kier alpha value is -0.120. The fourth-order valence-electron chi connectivity index (χ4n) is 3.06. The molecule has 0 saturated carbocycles. The lowest BCUT2D eigenvalue weighted by atomic mass is 9.85. The van der Waals surface area contributed by atoms with Gasteiger partial charge in [0.25, 0.3) is 0 Å². The molecule has 1 rings (SSSR count). The van der Waals surface area contributed by atoms with E-state index in [0.717, 1.165) is 38.8 Å². The van der Waals surface area contributed by atoms with Crippen molar-refractivity contribution in [3.8, 4) is 0 Å². The lowest BCUT2D eigenvalue weighted by molar-refractivity contribution is 0.0712. The molecule has 2 atom stereocenters. The van der Waals surface area contributed by atoms with Gasteiger partial charge >= 0.3 is 0 Å². The molecule has 0 aromatic rings. The Morgan fingerprint density at radius 2 is 2.12 bits per heavy atom. The molecule has 2 N–H and O–H groups in total. The fourth-order valence-corrected chi connectivity index (χ4v) is 3.06. The van der Waals surface area contributed by atoms with E-state index in [1.807, 2.05) is 0 Å². The topological polar surface area (TPSA) is 43.7 Å². The zero-order valence-corrected chi connectivity index (χ0v) is 11.5. The van der Waals surface area contributed by atoms with E-state index in [-0.39, 0.29) is 12.0 Å². The van der Waals surface area contributed by atoms with Crippen LogP contribution in [0.1, 0.15) is 52.4 Å². The van der Waals surface area contributed by atoms with Gasteiger partial charge in [0, 0.05) is 31.2 Å². The number of hydrogen-bond acceptors (Lipinski definition) is 3. The van der Waals surface area contributed by atoms with Crippen molar-refractivity contribution in [1.82, 2.24) is 4.90 Å². The second kappa shape index (κ2) is 7.34. The van der Waals surface area contributed by atoms with Crippen LogP contribution in [0.4, 0.5) is 0 Å². The molecule has 0 aromatic heterocycles. The molecule has 0 spiro atoms. The van der Waals surface area contributed by atoms with E-state index in [1.54, 1.807) is 0 Å². The third-order valence-electron chi connectivity index (χ3n) is 4.01. The molecule has 1 aliphatic rings. The van der Waals surface area contributed by atoms with Gasteiger partial charge in [0.1, 0.15) is 0 Å². The predicted octanol–water partition coefficient (Wildman–Crippen LogP) is 2.02. The van der Waals surface area contributed by atoms with E-state index < -0.39 is 0 Å². The molecule has 3 heteroatoms. The first-order valence-electron chi connectivity index (χ1n) is 7.11. The molecular weight excluding hydrogens is 214 g/mol. The molecule has 3 nitrogen and oxygen atoms in total. The number of hydrogen-bond donors (Lipinski definition) is 2. The molecule has 0 aliphatic carbocycles. The first kappa shape index (κ1) is 14.9. The van der Waals surface area contributed by atoms with Crippen LogP contribution in [0, 0.1) is 5.41 Å². The number of rotatable bonds is 8. The highest BCUT2D eigenvalue weighted by Gasteiger charge is 2.31. The van der Waals surface area contributed by atoms with Gasteiger partial charge in [-0.2, -0.15) is 0 Å². The van der Waals surface area contributed by atoms with E-state index in [0.29, 0.717) is 12.6 Å². The maximum absolute atomic E-state index is 9.57. The van der Waals surface area contributed by atoms with Crippen LogP contribution >= 0.6 is 0 Å². The average molecular weight is 243 g/mol. The van der Waals surface area contributed by atoms with Crippen LogP contribution in [0.2, 0.25) is 0 Å². The molecule has 0 bridgehead atoms. The van der Waals surface area contributed by atoms with Gasteiger partial charge in [0.05, 0.1) is 0 Å². The van der Waals surface area contributed by atoms with Gasteiger partial charge < -0.3 is 10.2 Å². The maximum Gasteiger partial charge on any atom is 0.0497 e. The molecule has 1 saturated heterocycles. The molecule has 1 heterocycles. The molecule has 1 fully saturated rings. The van der Waals surface area contributed by atoms with E-state index in [9.17, 15) is 5.11 Å². The molecule has 0 radical (unpaired) electrons. The van der Waals surface area contributed by atoms with Gasteiger partial charge in [-0.3, -0.25) is 4.90 Å². The summed E-state index contributed by atoms with van der Waals surface area (Å²) in [6.45, 7) is 7.13. The standard InChI is InChI=1S/C14H29NO2/c1-3-8-14(2,12-17)11-15-9-4-6-13(15)7-5-10-16/h13,16-17H,3-12H2,1-2H3. The first-order chi connectivity index (χ1) is 8.15. The SMILES string of the molecule is CCCC(C)(CO)CN1CCCC1CCCO. The molecule has 0 aromatic carbocycles. The van der Waals surface area contributed by atoms with Gasteiger partial charge in [0.15, 0.2) is 0 Å². The second-order valence-electron chi connectivity index (χ2n) is 5.85. The summed E-state index contributed by atoms with van der Waals surface area (Å²) in [6.07, 6.45) is 6.76. The van der Waals surface area contributed by atoms with Crippen molar-refractivity contribution in [3.63, 3.8) is 0 Å². The van der Waals surface area contributed by atoms with Gasteiger partial charge in [0.2, 0.25) is 0 Å². The van der Waals surface area contributed by atoms with Crippen molar-refractivity contribution in [3.05, 3.63) is 0 Å². The van der Waals surface area contributed by atoms with Crippen LogP contribution in [0.5, 0.6) is 0 Å². The molecule has 102 valence electrons. The quantitative estimate of drug-likeness (QED) is 0.685. The molecular formula is C14H29NO2. The minimum Gasteiger partial charge on any atom is -0.396 e. The van der Waals surface area contributed by atoms with Gasteiger partial charge in [-0.05, 0) is 38.6 Å². The third-order valence-corrected chi connectivity index (χ3v) is 4.01. The number of nitrogens with zero attached hydrogens (tertiary/aromatic N) is 1. The summed E-state index contributed by atoms with van der Waals surface area (Å²) < 4.78 is 0. The van der Waals surface area contributed by atoms with Crippen LogP contribution in [0.3, 0.4) is 0 Å². The highest BCUT2D eigenvalue weighted by molar-refractivity contribution is 4.85.